The van der Waals surface area contributed by atoms with E-state index >= 15 is 0 Å². The Hall–Kier alpha value is -3.34. The normalized spacial score (nSPS) is 17.9. The maximum absolute atomic E-state index is 13.4. The summed E-state index contributed by atoms with van der Waals surface area (Å²) in [6.07, 6.45) is 11.4. The van der Waals surface area contributed by atoms with Gasteiger partial charge in [-0.1, -0.05) is 12.2 Å². The number of ketones is 1. The van der Waals surface area contributed by atoms with Crippen LogP contribution < -0.4 is 9.47 Å². The zero-order valence-electron chi connectivity index (χ0n) is 15.3. The van der Waals surface area contributed by atoms with Crippen molar-refractivity contribution in [1.29, 1.82) is 0 Å². The summed E-state index contributed by atoms with van der Waals surface area (Å²) < 4.78 is 10.9. The maximum Gasteiger partial charge on any atom is 0.191 e. The number of carbonyl (C=O) groups is 1. The molecule has 0 aliphatic carbocycles. The van der Waals surface area contributed by atoms with Gasteiger partial charge in [-0.25, -0.2) is 0 Å². The first-order chi connectivity index (χ1) is 13.2. The van der Waals surface area contributed by atoms with Gasteiger partial charge in [-0.05, 0) is 42.0 Å². The average Bonchev–Trinajstić information content (AvgIpc) is 3.12. The van der Waals surface area contributed by atoms with Crippen molar-refractivity contribution in [2.45, 2.75) is 6.04 Å². The Bertz CT molecular complexity index is 961. The third kappa shape index (κ3) is 3.01. The van der Waals surface area contributed by atoms with Crippen LogP contribution in [0.1, 0.15) is 15.9 Å². The molecule has 2 aliphatic rings. The monoisotopic (exact) mass is 360 g/mol. The van der Waals surface area contributed by atoms with Crippen LogP contribution in [0.5, 0.6) is 11.5 Å². The third-order valence-electron chi connectivity index (χ3n) is 4.86. The molecule has 4 rings (SSSR count). The van der Waals surface area contributed by atoms with Gasteiger partial charge in [0.05, 0.1) is 14.2 Å². The van der Waals surface area contributed by atoms with E-state index < -0.39 is 6.04 Å². The molecule has 3 heterocycles. The van der Waals surface area contributed by atoms with Crippen molar-refractivity contribution in [1.82, 2.24) is 9.88 Å². The summed E-state index contributed by atoms with van der Waals surface area (Å²) in [5.74, 6) is 1.41. The fourth-order valence-electron chi connectivity index (χ4n) is 3.55. The smallest absolute Gasteiger partial charge is 0.191 e. The van der Waals surface area contributed by atoms with Crippen LogP contribution in [0.25, 0.3) is 5.57 Å². The fourth-order valence-corrected chi connectivity index (χ4v) is 3.55. The lowest BCUT2D eigenvalue weighted by atomic mass is 9.93. The van der Waals surface area contributed by atoms with Crippen molar-refractivity contribution in [3.8, 4) is 11.5 Å². The molecule has 5 heteroatoms. The molecule has 27 heavy (non-hydrogen) atoms. The van der Waals surface area contributed by atoms with Crippen LogP contribution in [0.15, 0.2) is 72.7 Å². The second kappa shape index (κ2) is 7.11. The molecule has 136 valence electrons. The molecule has 0 saturated carbocycles. The summed E-state index contributed by atoms with van der Waals surface area (Å²) in [6.45, 7) is 0.682. The number of nitrogens with zero attached hydrogens (tertiary/aromatic N) is 2. The van der Waals surface area contributed by atoms with Gasteiger partial charge < -0.3 is 14.4 Å². The molecule has 0 spiro atoms. The molecular formula is C22H20N2O3. The minimum Gasteiger partial charge on any atom is -0.497 e. The minimum atomic E-state index is -0.423. The molecule has 1 unspecified atom stereocenters. The van der Waals surface area contributed by atoms with E-state index in [1.807, 2.05) is 30.4 Å². The van der Waals surface area contributed by atoms with Crippen molar-refractivity contribution in [2.24, 2.45) is 0 Å². The lowest BCUT2D eigenvalue weighted by Gasteiger charge is -2.29. The van der Waals surface area contributed by atoms with E-state index in [1.54, 1.807) is 38.7 Å². The van der Waals surface area contributed by atoms with E-state index in [2.05, 4.69) is 22.0 Å². The number of Topliss-reactive ketones (excluding diaryl/α,β-unsaturated/α-hetero) is 1. The molecule has 2 aliphatic heterocycles. The highest BCUT2D eigenvalue weighted by Gasteiger charge is 2.38. The largest absolute Gasteiger partial charge is 0.497 e. The van der Waals surface area contributed by atoms with Crippen molar-refractivity contribution in [3.05, 3.63) is 83.9 Å². The first-order valence-electron chi connectivity index (χ1n) is 8.74. The van der Waals surface area contributed by atoms with E-state index in [0.717, 1.165) is 16.8 Å². The molecule has 0 fully saturated rings. The fraction of sp³-hybridized carbons (Fsp3) is 0.182. The molecule has 0 amide bonds. The van der Waals surface area contributed by atoms with Gasteiger partial charge in [-0.15, -0.1) is 0 Å². The number of carbonyl (C=O) groups excluding carboxylic acids is 1. The van der Waals surface area contributed by atoms with Crippen LogP contribution in [0.3, 0.4) is 0 Å². The van der Waals surface area contributed by atoms with E-state index in [0.29, 0.717) is 23.6 Å². The number of fused-ring (bicyclic) bond motifs is 1. The second-order valence-corrected chi connectivity index (χ2v) is 6.35. The Kier molecular flexibility index (Phi) is 4.50. The highest BCUT2D eigenvalue weighted by molar-refractivity contribution is 6.09. The van der Waals surface area contributed by atoms with E-state index in [9.17, 15) is 4.79 Å². The first-order valence-corrected chi connectivity index (χ1v) is 8.74. The molecule has 0 saturated heterocycles. The Morgan fingerprint density at radius 2 is 2.11 bits per heavy atom. The lowest BCUT2D eigenvalue weighted by Crippen LogP contribution is -2.38. The second-order valence-electron chi connectivity index (χ2n) is 6.35. The Labute approximate surface area is 158 Å². The Morgan fingerprint density at radius 1 is 1.22 bits per heavy atom. The van der Waals surface area contributed by atoms with Gasteiger partial charge >= 0.3 is 0 Å². The van der Waals surface area contributed by atoms with Crippen LogP contribution >= 0.6 is 0 Å². The minimum absolute atomic E-state index is 0.0194. The summed E-state index contributed by atoms with van der Waals surface area (Å²) in [6, 6.07) is 8.83. The topological polar surface area (TPSA) is 51.7 Å². The molecule has 5 nitrogen and oxygen atoms in total. The molecule has 0 radical (unpaired) electrons. The van der Waals surface area contributed by atoms with Crippen LogP contribution in [0.2, 0.25) is 0 Å². The molecule has 0 bridgehead atoms. The number of allylic oxidation sites excluding steroid dienone is 3. The van der Waals surface area contributed by atoms with Crippen molar-refractivity contribution >= 4 is 11.4 Å². The number of methoxy groups -OCH3 is 2. The van der Waals surface area contributed by atoms with Gasteiger partial charge in [0.15, 0.2) is 5.78 Å². The number of pyridine rings is 1. The number of ether oxygens (including phenoxy) is 2. The van der Waals surface area contributed by atoms with Crippen molar-refractivity contribution in [3.63, 3.8) is 0 Å². The zero-order chi connectivity index (χ0) is 18.8. The number of aromatic nitrogens is 1. The van der Waals surface area contributed by atoms with Crippen LogP contribution in [0.4, 0.5) is 0 Å². The zero-order valence-corrected chi connectivity index (χ0v) is 15.3. The number of rotatable bonds is 5. The standard InChI is InChI=1S/C22H20N2O3/c1-26-17-8-9-18(20(13-17)27-2)19-12-16-7-3-4-11-24(16)21(19)22(25)15-6-5-10-23-14-15/h3-10,12-14,21H,11H2,1-2H3. The molecule has 2 aromatic rings. The highest BCUT2D eigenvalue weighted by atomic mass is 16.5. The van der Waals surface area contributed by atoms with Gasteiger partial charge in [0.1, 0.15) is 17.5 Å². The molecule has 0 N–H and O–H groups in total. The van der Waals surface area contributed by atoms with Gasteiger partial charge in [0.25, 0.3) is 0 Å². The number of hydrogen-bond donors (Lipinski definition) is 0. The quantitative estimate of drug-likeness (QED) is 0.764. The molecule has 1 atom stereocenters. The van der Waals surface area contributed by atoms with Gasteiger partial charge in [-0.3, -0.25) is 9.78 Å². The SMILES string of the molecule is COc1ccc(C2=CC3=CC=CCN3C2C(=O)c2cccnc2)c(OC)c1. The third-order valence-corrected chi connectivity index (χ3v) is 4.86. The summed E-state index contributed by atoms with van der Waals surface area (Å²) in [5, 5.41) is 0. The van der Waals surface area contributed by atoms with Crippen LogP contribution in [0, 0.1) is 0 Å². The molecule has 1 aromatic heterocycles. The number of benzene rings is 1. The summed E-state index contributed by atoms with van der Waals surface area (Å²) in [5.41, 5.74) is 3.42. The maximum atomic E-state index is 13.4. The van der Waals surface area contributed by atoms with Gasteiger partial charge in [-0.2, -0.15) is 0 Å². The van der Waals surface area contributed by atoms with E-state index in [1.165, 1.54) is 0 Å². The van der Waals surface area contributed by atoms with E-state index in [-0.39, 0.29) is 5.78 Å². The summed E-state index contributed by atoms with van der Waals surface area (Å²) in [7, 11) is 3.24. The summed E-state index contributed by atoms with van der Waals surface area (Å²) in [4.78, 5) is 19.6. The molecule has 1 aromatic carbocycles. The number of hydrogen-bond acceptors (Lipinski definition) is 5. The van der Waals surface area contributed by atoms with E-state index in [4.69, 9.17) is 9.47 Å². The van der Waals surface area contributed by atoms with Gasteiger partial charge in [0, 0.05) is 41.8 Å². The van der Waals surface area contributed by atoms with Crippen molar-refractivity contribution in [2.75, 3.05) is 20.8 Å². The lowest BCUT2D eigenvalue weighted by molar-refractivity contribution is 0.0921. The summed E-state index contributed by atoms with van der Waals surface area (Å²) >= 11 is 0. The average molecular weight is 360 g/mol. The predicted octanol–water partition coefficient (Wildman–Crippen LogP) is 3.50. The highest BCUT2D eigenvalue weighted by Crippen LogP contribution is 2.41. The first kappa shape index (κ1) is 17.1. The van der Waals surface area contributed by atoms with Gasteiger partial charge in [0.2, 0.25) is 0 Å². The van der Waals surface area contributed by atoms with Crippen molar-refractivity contribution < 1.29 is 14.3 Å². The predicted molar refractivity (Wildman–Crippen MR) is 104 cm³/mol. The Balaban J connectivity index is 1.82. The van der Waals surface area contributed by atoms with Crippen LogP contribution in [-0.2, 0) is 0 Å². The Morgan fingerprint density at radius 3 is 2.85 bits per heavy atom. The molecular weight excluding hydrogens is 340 g/mol. The van der Waals surface area contributed by atoms with Crippen LogP contribution in [-0.4, -0.2) is 42.5 Å².